The monoisotopic (exact) mass is 492 g/mol. The van der Waals surface area contributed by atoms with Gasteiger partial charge in [0.05, 0.1) is 0 Å². The van der Waals surface area contributed by atoms with Crippen LogP contribution in [-0.2, 0) is 26.8 Å². The summed E-state index contributed by atoms with van der Waals surface area (Å²) in [5.74, 6) is -0.545. The molecule has 184 valence electrons. The molecule has 3 aromatic rings. The van der Waals surface area contributed by atoms with Gasteiger partial charge in [0.25, 0.3) is 15.9 Å². The van der Waals surface area contributed by atoms with Crippen LogP contribution in [0, 0.1) is 20.8 Å². The summed E-state index contributed by atoms with van der Waals surface area (Å²) in [6.07, 6.45) is 0. The molecule has 1 aromatic heterocycles. The lowest BCUT2D eigenvalue weighted by atomic mass is 9.75. The number of nitrogens with zero attached hydrogens (tertiary/aromatic N) is 2. The van der Waals surface area contributed by atoms with Gasteiger partial charge in [0.1, 0.15) is 11.9 Å². The molecule has 0 spiro atoms. The van der Waals surface area contributed by atoms with Crippen LogP contribution in [0.1, 0.15) is 53.3 Å². The Morgan fingerprint density at radius 2 is 1.74 bits per heavy atom. The molecule has 7 nitrogen and oxygen atoms in total. The minimum Gasteiger partial charge on any atom is -0.384 e. The number of nitrogens with two attached hydrogens (primary N) is 1. The van der Waals surface area contributed by atoms with E-state index in [-0.39, 0.29) is 16.3 Å². The van der Waals surface area contributed by atoms with Gasteiger partial charge in [-0.15, -0.1) is 0 Å². The third-order valence-electron chi connectivity index (χ3n) is 6.65. The topological polar surface area (TPSA) is 105 Å². The second-order valence-electron chi connectivity index (χ2n) is 10.0. The lowest BCUT2D eigenvalue weighted by molar-refractivity contribution is -0.126. The second kappa shape index (κ2) is 9.09. The van der Waals surface area contributed by atoms with Crippen LogP contribution in [0.2, 0.25) is 0 Å². The van der Waals surface area contributed by atoms with Crippen molar-refractivity contribution >= 4 is 21.7 Å². The summed E-state index contributed by atoms with van der Waals surface area (Å²) in [5.41, 5.74) is 11.9. The maximum absolute atomic E-state index is 13.7. The zero-order chi connectivity index (χ0) is 25.5. The molecule has 0 bridgehead atoms. The highest BCUT2D eigenvalue weighted by Crippen LogP contribution is 2.41. The number of nitrogen functional groups attached to an aromatic ring is 1. The van der Waals surface area contributed by atoms with E-state index in [0.29, 0.717) is 13.1 Å². The van der Waals surface area contributed by atoms with E-state index in [1.54, 1.807) is 0 Å². The van der Waals surface area contributed by atoms with Gasteiger partial charge in [0.2, 0.25) is 0 Å². The molecule has 1 atom stereocenters. The smallest absolute Gasteiger partial charge is 0.281 e. The first-order valence-corrected chi connectivity index (χ1v) is 13.1. The van der Waals surface area contributed by atoms with Gasteiger partial charge in [-0.2, -0.15) is 8.42 Å². The zero-order valence-corrected chi connectivity index (χ0v) is 21.6. The van der Waals surface area contributed by atoms with Crippen LogP contribution in [0.25, 0.3) is 0 Å². The van der Waals surface area contributed by atoms with Crippen molar-refractivity contribution in [1.29, 1.82) is 0 Å². The summed E-state index contributed by atoms with van der Waals surface area (Å²) < 4.78 is 28.3. The van der Waals surface area contributed by atoms with Crippen LogP contribution in [0.5, 0.6) is 0 Å². The molecule has 8 heteroatoms. The SMILES string of the molecule is Cc1cc(C)c(CN2CC(C)(C)c3ccccc3C2C(=O)NS(=O)(=O)c2cccc(N)n2)c(C)c1. The van der Waals surface area contributed by atoms with Crippen molar-refractivity contribution in [2.24, 2.45) is 0 Å². The Bertz CT molecular complexity index is 1380. The fourth-order valence-electron chi connectivity index (χ4n) is 5.17. The number of hydrogen-bond donors (Lipinski definition) is 2. The van der Waals surface area contributed by atoms with Gasteiger partial charge in [-0.3, -0.25) is 9.69 Å². The Balaban J connectivity index is 1.76. The number of amides is 1. The third kappa shape index (κ3) is 4.94. The quantitative estimate of drug-likeness (QED) is 0.559. The molecule has 0 aliphatic carbocycles. The normalized spacial score (nSPS) is 17.6. The molecule has 2 heterocycles. The van der Waals surface area contributed by atoms with Crippen molar-refractivity contribution in [3.05, 3.63) is 88.0 Å². The summed E-state index contributed by atoms with van der Waals surface area (Å²) in [6, 6.07) is 15.6. The molecule has 3 N–H and O–H groups in total. The predicted octanol–water partition coefficient (Wildman–Crippen LogP) is 3.93. The Morgan fingerprint density at radius 3 is 2.40 bits per heavy atom. The van der Waals surface area contributed by atoms with Gasteiger partial charge in [-0.05, 0) is 60.7 Å². The number of anilines is 1. The fraction of sp³-hybridized carbons (Fsp3) is 0.333. The average Bonchev–Trinajstić information content (AvgIpc) is 2.75. The van der Waals surface area contributed by atoms with Gasteiger partial charge in [-0.1, -0.05) is 61.9 Å². The maximum Gasteiger partial charge on any atom is 0.281 e. The number of benzene rings is 2. The number of pyridine rings is 1. The highest BCUT2D eigenvalue weighted by atomic mass is 32.2. The molecule has 35 heavy (non-hydrogen) atoms. The van der Waals surface area contributed by atoms with E-state index >= 15 is 0 Å². The van der Waals surface area contributed by atoms with Gasteiger partial charge in [-0.25, -0.2) is 9.71 Å². The largest absolute Gasteiger partial charge is 0.384 e. The molecule has 2 aromatic carbocycles. The van der Waals surface area contributed by atoms with Crippen molar-refractivity contribution in [3.8, 4) is 0 Å². The Kier molecular flexibility index (Phi) is 6.46. The first kappa shape index (κ1) is 24.9. The number of sulfonamides is 1. The lowest BCUT2D eigenvalue weighted by Gasteiger charge is -2.44. The minimum absolute atomic E-state index is 0.0667. The fourth-order valence-corrected chi connectivity index (χ4v) is 6.13. The van der Waals surface area contributed by atoms with Crippen LogP contribution < -0.4 is 10.5 Å². The highest BCUT2D eigenvalue weighted by molar-refractivity contribution is 7.90. The van der Waals surface area contributed by atoms with Gasteiger partial charge in [0, 0.05) is 18.5 Å². The highest BCUT2D eigenvalue weighted by Gasteiger charge is 2.42. The third-order valence-corrected chi connectivity index (χ3v) is 7.90. The van der Waals surface area contributed by atoms with Gasteiger partial charge in [0.15, 0.2) is 5.03 Å². The van der Waals surface area contributed by atoms with Crippen LogP contribution in [0.3, 0.4) is 0 Å². The molecule has 0 fully saturated rings. The summed E-state index contributed by atoms with van der Waals surface area (Å²) >= 11 is 0. The number of carbonyl (C=O) groups is 1. The predicted molar refractivity (Wildman–Crippen MR) is 137 cm³/mol. The summed E-state index contributed by atoms with van der Waals surface area (Å²) in [5, 5.41) is -0.285. The number of carbonyl (C=O) groups excluding carboxylic acids is 1. The van der Waals surface area contributed by atoms with Crippen molar-refractivity contribution in [1.82, 2.24) is 14.6 Å². The summed E-state index contributed by atoms with van der Waals surface area (Å²) in [4.78, 5) is 19.6. The van der Waals surface area contributed by atoms with Crippen LogP contribution in [0.15, 0.2) is 59.6 Å². The molecule has 1 unspecified atom stereocenters. The van der Waals surface area contributed by atoms with Gasteiger partial charge >= 0.3 is 0 Å². The molecule has 1 amide bonds. The van der Waals surface area contributed by atoms with Crippen LogP contribution in [-0.4, -0.2) is 30.8 Å². The number of aromatic nitrogens is 1. The van der Waals surface area contributed by atoms with E-state index < -0.39 is 22.0 Å². The molecule has 0 radical (unpaired) electrons. The Hall–Kier alpha value is -3.23. The van der Waals surface area contributed by atoms with Crippen LogP contribution >= 0.6 is 0 Å². The van der Waals surface area contributed by atoms with E-state index in [9.17, 15) is 13.2 Å². The number of nitrogens with one attached hydrogen (secondary N) is 1. The van der Waals surface area contributed by atoms with Gasteiger partial charge < -0.3 is 5.73 Å². The average molecular weight is 493 g/mol. The zero-order valence-electron chi connectivity index (χ0n) is 20.8. The summed E-state index contributed by atoms with van der Waals surface area (Å²) in [7, 11) is -4.20. The number of fused-ring (bicyclic) bond motifs is 1. The van der Waals surface area contributed by atoms with Crippen molar-refractivity contribution in [2.75, 3.05) is 12.3 Å². The molecular formula is C27H32N4O3S. The Labute approximate surface area is 207 Å². The van der Waals surface area contributed by atoms with E-state index in [1.807, 2.05) is 24.3 Å². The number of aryl methyl sites for hydroxylation is 3. The van der Waals surface area contributed by atoms with E-state index in [1.165, 1.54) is 23.8 Å². The molecule has 4 rings (SSSR count). The molecule has 0 saturated carbocycles. The standard InChI is InChI=1S/C27H32N4O3S/c1-17-13-18(2)21(19(3)14-17)15-31-16-27(4,5)22-10-7-6-9-20(22)25(31)26(32)30-35(33,34)24-12-8-11-23(28)29-24/h6-14,25H,15-16H2,1-5H3,(H2,28,29)(H,30,32). The van der Waals surface area contributed by atoms with Crippen molar-refractivity contribution in [3.63, 3.8) is 0 Å². The van der Waals surface area contributed by atoms with E-state index in [4.69, 9.17) is 5.73 Å². The molecular weight excluding hydrogens is 460 g/mol. The second-order valence-corrected chi connectivity index (χ2v) is 11.7. The van der Waals surface area contributed by atoms with Crippen LogP contribution in [0.4, 0.5) is 5.82 Å². The summed E-state index contributed by atoms with van der Waals surface area (Å²) in [6.45, 7) is 11.6. The molecule has 1 aliphatic rings. The maximum atomic E-state index is 13.7. The minimum atomic E-state index is -4.20. The van der Waals surface area contributed by atoms with E-state index in [2.05, 4.69) is 61.4 Å². The first-order chi connectivity index (χ1) is 16.4. The number of hydrogen-bond acceptors (Lipinski definition) is 6. The van der Waals surface area contributed by atoms with Crippen molar-refractivity contribution in [2.45, 2.75) is 57.6 Å². The molecule has 1 aliphatic heterocycles. The number of rotatable bonds is 5. The van der Waals surface area contributed by atoms with Crippen molar-refractivity contribution < 1.29 is 13.2 Å². The van der Waals surface area contributed by atoms with E-state index in [0.717, 1.165) is 27.8 Å². The lowest BCUT2D eigenvalue weighted by Crippen LogP contribution is -2.50. The Morgan fingerprint density at radius 1 is 1.09 bits per heavy atom. The molecule has 0 saturated heterocycles. The first-order valence-electron chi connectivity index (χ1n) is 11.6.